The van der Waals surface area contributed by atoms with Gasteiger partial charge in [0.1, 0.15) is 0 Å². The molecule has 19 heavy (non-hydrogen) atoms. The zero-order valence-corrected chi connectivity index (χ0v) is 13.2. The van der Waals surface area contributed by atoms with Gasteiger partial charge in [-0.1, -0.05) is 20.3 Å². The minimum Gasteiger partial charge on any atom is -0.329 e. The molecular formula is C16H33N3. The molecule has 0 aromatic heterocycles. The van der Waals surface area contributed by atoms with Crippen LogP contribution in [0.15, 0.2) is 0 Å². The number of likely N-dealkylation sites (tertiary alicyclic amines) is 2. The number of rotatable bonds is 3. The molecule has 2 aliphatic heterocycles. The zero-order chi connectivity index (χ0) is 13.9. The fourth-order valence-corrected chi connectivity index (χ4v) is 3.84. The quantitative estimate of drug-likeness (QED) is 0.852. The molecule has 0 spiro atoms. The van der Waals surface area contributed by atoms with Crippen molar-refractivity contribution in [3.63, 3.8) is 0 Å². The van der Waals surface area contributed by atoms with Crippen molar-refractivity contribution in [2.45, 2.75) is 57.9 Å². The first-order chi connectivity index (χ1) is 9.03. The van der Waals surface area contributed by atoms with Crippen molar-refractivity contribution >= 4 is 0 Å². The molecule has 2 saturated heterocycles. The van der Waals surface area contributed by atoms with Crippen molar-refractivity contribution in [2.75, 3.05) is 39.8 Å². The van der Waals surface area contributed by atoms with Gasteiger partial charge >= 0.3 is 0 Å². The van der Waals surface area contributed by atoms with Crippen LogP contribution in [0.5, 0.6) is 0 Å². The fraction of sp³-hybridized carbons (Fsp3) is 1.00. The second-order valence-corrected chi connectivity index (χ2v) is 7.24. The van der Waals surface area contributed by atoms with Crippen LogP contribution in [0, 0.1) is 5.41 Å². The van der Waals surface area contributed by atoms with Crippen LogP contribution in [0.1, 0.15) is 52.4 Å². The van der Waals surface area contributed by atoms with Gasteiger partial charge in [0, 0.05) is 12.1 Å². The van der Waals surface area contributed by atoms with Crippen molar-refractivity contribution in [3.8, 4) is 0 Å². The van der Waals surface area contributed by atoms with Crippen LogP contribution in [0.4, 0.5) is 0 Å². The Morgan fingerprint density at radius 1 is 1.00 bits per heavy atom. The summed E-state index contributed by atoms with van der Waals surface area (Å²) in [6, 6.07) is 0. The van der Waals surface area contributed by atoms with Crippen LogP contribution >= 0.6 is 0 Å². The molecule has 2 aliphatic rings. The monoisotopic (exact) mass is 267 g/mol. The summed E-state index contributed by atoms with van der Waals surface area (Å²) in [6.07, 6.45) is 7.86. The van der Waals surface area contributed by atoms with E-state index in [0.717, 1.165) is 6.54 Å². The predicted molar refractivity (Wildman–Crippen MR) is 82.3 cm³/mol. The maximum atomic E-state index is 6.22. The van der Waals surface area contributed by atoms with E-state index in [1.807, 2.05) is 0 Å². The lowest BCUT2D eigenvalue weighted by Crippen LogP contribution is -2.57. The summed E-state index contributed by atoms with van der Waals surface area (Å²) in [4.78, 5) is 5.21. The molecule has 2 heterocycles. The van der Waals surface area contributed by atoms with E-state index in [4.69, 9.17) is 5.73 Å². The van der Waals surface area contributed by atoms with Crippen molar-refractivity contribution < 1.29 is 0 Å². The molecule has 0 saturated carbocycles. The molecule has 2 N–H and O–H groups in total. The highest BCUT2D eigenvalue weighted by Gasteiger charge is 2.40. The Balaban J connectivity index is 2.02. The third-order valence-corrected chi connectivity index (χ3v) is 6.02. The average molecular weight is 267 g/mol. The first kappa shape index (κ1) is 15.3. The molecule has 1 atom stereocenters. The Morgan fingerprint density at radius 2 is 1.68 bits per heavy atom. The molecule has 1 unspecified atom stereocenters. The smallest absolute Gasteiger partial charge is 0.0344 e. The first-order valence-electron chi connectivity index (χ1n) is 8.17. The lowest BCUT2D eigenvalue weighted by atomic mass is 9.76. The Morgan fingerprint density at radius 3 is 2.26 bits per heavy atom. The van der Waals surface area contributed by atoms with Crippen LogP contribution in [-0.4, -0.2) is 55.1 Å². The van der Waals surface area contributed by atoms with E-state index in [1.165, 1.54) is 64.7 Å². The summed E-state index contributed by atoms with van der Waals surface area (Å²) in [5, 5.41) is 0. The van der Waals surface area contributed by atoms with E-state index in [9.17, 15) is 0 Å². The molecule has 2 fully saturated rings. The molecule has 3 nitrogen and oxygen atoms in total. The summed E-state index contributed by atoms with van der Waals surface area (Å²) in [5.74, 6) is 0. The van der Waals surface area contributed by atoms with Gasteiger partial charge in [0.2, 0.25) is 0 Å². The van der Waals surface area contributed by atoms with E-state index >= 15 is 0 Å². The largest absolute Gasteiger partial charge is 0.329 e. The van der Waals surface area contributed by atoms with Crippen molar-refractivity contribution in [2.24, 2.45) is 11.1 Å². The molecular weight excluding hydrogens is 234 g/mol. The SMILES string of the molecule is CCC1(C)CCN(C2(CN)CCCN(C)CC2)CC1. The molecule has 2 rings (SSSR count). The minimum atomic E-state index is 0.291. The number of hydrogen-bond donors (Lipinski definition) is 1. The fourth-order valence-electron chi connectivity index (χ4n) is 3.84. The third-order valence-electron chi connectivity index (χ3n) is 6.02. The lowest BCUT2D eigenvalue weighted by Gasteiger charge is -2.49. The lowest BCUT2D eigenvalue weighted by molar-refractivity contribution is 0.0164. The van der Waals surface area contributed by atoms with Gasteiger partial charge in [-0.15, -0.1) is 0 Å². The molecule has 0 bridgehead atoms. The van der Waals surface area contributed by atoms with Gasteiger partial charge in [0.25, 0.3) is 0 Å². The van der Waals surface area contributed by atoms with E-state index in [1.54, 1.807) is 0 Å². The Hall–Kier alpha value is -0.120. The van der Waals surface area contributed by atoms with Crippen molar-refractivity contribution in [3.05, 3.63) is 0 Å². The van der Waals surface area contributed by atoms with Gasteiger partial charge in [0.05, 0.1) is 0 Å². The molecule has 0 aromatic carbocycles. The minimum absolute atomic E-state index is 0.291. The van der Waals surface area contributed by atoms with Gasteiger partial charge in [-0.25, -0.2) is 0 Å². The first-order valence-corrected chi connectivity index (χ1v) is 8.17. The van der Waals surface area contributed by atoms with E-state index in [2.05, 4.69) is 30.7 Å². The van der Waals surface area contributed by atoms with E-state index < -0.39 is 0 Å². The summed E-state index contributed by atoms with van der Waals surface area (Å²) in [7, 11) is 2.25. The summed E-state index contributed by atoms with van der Waals surface area (Å²) in [6.45, 7) is 10.6. The summed E-state index contributed by atoms with van der Waals surface area (Å²) < 4.78 is 0. The summed E-state index contributed by atoms with van der Waals surface area (Å²) in [5.41, 5.74) is 7.09. The average Bonchev–Trinajstić information content (AvgIpc) is 2.62. The third kappa shape index (κ3) is 3.32. The predicted octanol–water partition coefficient (Wildman–Crippen LogP) is 2.31. The number of hydrogen-bond acceptors (Lipinski definition) is 3. The topological polar surface area (TPSA) is 32.5 Å². The van der Waals surface area contributed by atoms with E-state index in [0.29, 0.717) is 11.0 Å². The molecule has 0 aliphatic carbocycles. The maximum Gasteiger partial charge on any atom is 0.0344 e. The number of nitrogens with zero attached hydrogens (tertiary/aromatic N) is 2. The highest BCUT2D eigenvalue weighted by molar-refractivity contribution is 4.97. The van der Waals surface area contributed by atoms with Crippen molar-refractivity contribution in [1.29, 1.82) is 0 Å². The Kier molecular flexibility index (Phi) is 4.91. The molecule has 3 heteroatoms. The number of piperidine rings is 1. The standard InChI is InChI=1S/C16H33N3/c1-4-15(2)7-12-19(13-8-15)16(14-17)6-5-10-18(3)11-9-16/h4-14,17H2,1-3H3. The molecule has 0 amide bonds. The molecule has 112 valence electrons. The van der Waals surface area contributed by atoms with Crippen LogP contribution in [-0.2, 0) is 0 Å². The van der Waals surface area contributed by atoms with Gasteiger partial charge in [0.15, 0.2) is 0 Å². The second-order valence-electron chi connectivity index (χ2n) is 7.24. The summed E-state index contributed by atoms with van der Waals surface area (Å²) >= 11 is 0. The Labute approximate surface area is 119 Å². The number of nitrogens with two attached hydrogens (primary N) is 1. The molecule has 0 aromatic rings. The normalized spacial score (nSPS) is 34.1. The zero-order valence-electron chi connectivity index (χ0n) is 13.2. The van der Waals surface area contributed by atoms with Gasteiger partial charge in [-0.05, 0) is 70.7 Å². The van der Waals surface area contributed by atoms with Crippen LogP contribution in [0.3, 0.4) is 0 Å². The van der Waals surface area contributed by atoms with Gasteiger partial charge in [-0.3, -0.25) is 4.90 Å². The molecule has 0 radical (unpaired) electrons. The van der Waals surface area contributed by atoms with Crippen LogP contribution in [0.2, 0.25) is 0 Å². The van der Waals surface area contributed by atoms with E-state index in [-0.39, 0.29) is 0 Å². The highest BCUT2D eigenvalue weighted by atomic mass is 15.2. The Bertz CT molecular complexity index is 284. The van der Waals surface area contributed by atoms with Crippen LogP contribution < -0.4 is 5.73 Å². The van der Waals surface area contributed by atoms with Crippen molar-refractivity contribution in [1.82, 2.24) is 9.80 Å². The second kappa shape index (κ2) is 6.11. The maximum absolute atomic E-state index is 6.22. The van der Waals surface area contributed by atoms with Gasteiger partial charge < -0.3 is 10.6 Å². The van der Waals surface area contributed by atoms with Gasteiger partial charge in [-0.2, -0.15) is 0 Å². The van der Waals surface area contributed by atoms with Crippen LogP contribution in [0.25, 0.3) is 0 Å². The highest BCUT2D eigenvalue weighted by Crippen LogP contribution is 2.38.